The number of nitrogens with one attached hydrogen (secondary N) is 2. The van der Waals surface area contributed by atoms with Gasteiger partial charge in [0.2, 0.25) is 0 Å². The second kappa shape index (κ2) is 8.60. The molecule has 4 nitrogen and oxygen atoms in total. The van der Waals surface area contributed by atoms with E-state index in [9.17, 15) is 13.6 Å². The summed E-state index contributed by atoms with van der Waals surface area (Å²) in [5.74, 6) is -1.23. The van der Waals surface area contributed by atoms with Gasteiger partial charge in [-0.1, -0.05) is 23.7 Å². The summed E-state index contributed by atoms with van der Waals surface area (Å²) in [5.41, 5.74) is 2.39. The highest BCUT2D eigenvalue weighted by atomic mass is 35.5. The zero-order valence-corrected chi connectivity index (χ0v) is 14.9. The molecule has 3 rings (SSSR count). The van der Waals surface area contributed by atoms with E-state index in [2.05, 4.69) is 15.6 Å². The largest absolute Gasteiger partial charge is 0.383 e. The van der Waals surface area contributed by atoms with Crippen molar-refractivity contribution in [3.05, 3.63) is 88.7 Å². The molecule has 27 heavy (non-hydrogen) atoms. The summed E-state index contributed by atoms with van der Waals surface area (Å²) in [6.07, 6.45) is 2.28. The van der Waals surface area contributed by atoms with E-state index >= 15 is 0 Å². The number of nitrogens with zero attached hydrogens (tertiary/aromatic N) is 1. The Morgan fingerprint density at radius 1 is 1.00 bits per heavy atom. The van der Waals surface area contributed by atoms with Gasteiger partial charge in [-0.2, -0.15) is 0 Å². The molecule has 0 atom stereocenters. The van der Waals surface area contributed by atoms with Crippen LogP contribution in [0.2, 0.25) is 5.02 Å². The number of carbonyl (C=O) groups is 1. The van der Waals surface area contributed by atoms with Crippen LogP contribution in [0.4, 0.5) is 20.2 Å². The number of hydrogen-bond donors (Lipinski definition) is 2. The molecule has 0 spiro atoms. The monoisotopic (exact) mass is 387 g/mol. The van der Waals surface area contributed by atoms with Gasteiger partial charge in [-0.15, -0.1) is 0 Å². The minimum Gasteiger partial charge on any atom is -0.383 e. The molecule has 0 radical (unpaired) electrons. The molecule has 1 heterocycles. The van der Waals surface area contributed by atoms with Gasteiger partial charge in [-0.25, -0.2) is 13.8 Å². The van der Waals surface area contributed by atoms with Crippen LogP contribution in [-0.4, -0.2) is 17.4 Å². The second-order valence-electron chi connectivity index (χ2n) is 5.82. The fourth-order valence-electron chi connectivity index (χ4n) is 2.40. The lowest BCUT2D eigenvalue weighted by Crippen LogP contribution is -2.14. The van der Waals surface area contributed by atoms with E-state index in [4.69, 9.17) is 11.6 Å². The van der Waals surface area contributed by atoms with Gasteiger partial charge < -0.3 is 10.6 Å². The van der Waals surface area contributed by atoms with Crippen LogP contribution in [-0.2, 0) is 6.42 Å². The lowest BCUT2D eigenvalue weighted by atomic mass is 10.1. The Morgan fingerprint density at radius 3 is 2.41 bits per heavy atom. The Kier molecular flexibility index (Phi) is 5.98. The first-order valence-electron chi connectivity index (χ1n) is 8.22. The normalized spacial score (nSPS) is 10.5. The number of hydrogen-bond acceptors (Lipinski definition) is 3. The molecule has 0 unspecified atom stereocenters. The number of halogens is 3. The Hall–Kier alpha value is -2.99. The smallest absolute Gasteiger partial charge is 0.274 e. The van der Waals surface area contributed by atoms with Crippen molar-refractivity contribution in [1.82, 2.24) is 4.98 Å². The van der Waals surface area contributed by atoms with Crippen molar-refractivity contribution >= 4 is 28.9 Å². The van der Waals surface area contributed by atoms with Crippen LogP contribution in [0.3, 0.4) is 0 Å². The Labute approximate surface area is 160 Å². The van der Waals surface area contributed by atoms with Crippen molar-refractivity contribution in [2.45, 2.75) is 6.42 Å². The van der Waals surface area contributed by atoms with E-state index in [1.807, 2.05) is 0 Å². The summed E-state index contributed by atoms with van der Waals surface area (Å²) in [7, 11) is 0. The van der Waals surface area contributed by atoms with E-state index in [-0.39, 0.29) is 16.5 Å². The van der Waals surface area contributed by atoms with Crippen LogP contribution in [0.25, 0.3) is 0 Å². The summed E-state index contributed by atoms with van der Waals surface area (Å²) in [5, 5.41) is 5.73. The van der Waals surface area contributed by atoms with Gasteiger partial charge >= 0.3 is 0 Å². The first kappa shape index (κ1) is 18.8. The minimum atomic E-state index is -0.552. The molecule has 3 aromatic rings. The number of anilines is 2. The lowest BCUT2D eigenvalue weighted by molar-refractivity contribution is 0.102. The maximum atomic E-state index is 13.2. The molecule has 2 aromatic carbocycles. The van der Waals surface area contributed by atoms with Crippen LogP contribution in [0.5, 0.6) is 0 Å². The van der Waals surface area contributed by atoms with Gasteiger partial charge in [0.15, 0.2) is 0 Å². The number of amides is 1. The molecule has 7 heteroatoms. The zero-order chi connectivity index (χ0) is 19.2. The zero-order valence-electron chi connectivity index (χ0n) is 14.2. The van der Waals surface area contributed by atoms with Gasteiger partial charge in [-0.3, -0.25) is 4.79 Å². The highest BCUT2D eigenvalue weighted by Gasteiger charge is 2.09. The lowest BCUT2D eigenvalue weighted by Gasteiger charge is -2.08. The van der Waals surface area contributed by atoms with E-state index in [0.29, 0.717) is 12.2 Å². The number of carbonyl (C=O) groups excluding carboxylic acids is 1. The summed E-state index contributed by atoms with van der Waals surface area (Å²) in [4.78, 5) is 16.3. The summed E-state index contributed by atoms with van der Waals surface area (Å²) < 4.78 is 26.0. The summed E-state index contributed by atoms with van der Waals surface area (Å²) >= 11 is 5.70. The van der Waals surface area contributed by atoms with Crippen LogP contribution >= 0.6 is 11.6 Å². The van der Waals surface area contributed by atoms with Gasteiger partial charge in [-0.05, 0) is 54.4 Å². The molecule has 0 aliphatic heterocycles. The third-order valence-corrected chi connectivity index (χ3v) is 4.12. The number of benzene rings is 2. The molecule has 0 saturated heterocycles. The third-order valence-electron chi connectivity index (χ3n) is 3.83. The van der Waals surface area contributed by atoms with Gasteiger partial charge in [0.05, 0.1) is 16.9 Å². The second-order valence-corrected chi connectivity index (χ2v) is 6.23. The third kappa shape index (κ3) is 5.24. The number of aromatic nitrogens is 1. The molecule has 0 saturated carbocycles. The highest BCUT2D eigenvalue weighted by molar-refractivity contribution is 6.31. The molecule has 1 amide bonds. The fourth-order valence-corrected chi connectivity index (χ4v) is 2.58. The van der Waals surface area contributed by atoms with Gasteiger partial charge in [0, 0.05) is 12.2 Å². The van der Waals surface area contributed by atoms with Crippen molar-refractivity contribution in [2.75, 3.05) is 17.2 Å². The Balaban J connectivity index is 1.53. The average Bonchev–Trinajstić information content (AvgIpc) is 2.67. The molecule has 0 aliphatic rings. The van der Waals surface area contributed by atoms with Crippen molar-refractivity contribution in [2.24, 2.45) is 0 Å². The summed E-state index contributed by atoms with van der Waals surface area (Å²) in [6, 6.07) is 13.6. The van der Waals surface area contributed by atoms with Crippen molar-refractivity contribution in [3.8, 4) is 0 Å². The Morgan fingerprint density at radius 2 is 1.74 bits per heavy atom. The molecule has 0 bridgehead atoms. The standard InChI is InChI=1S/C20H16ClF2N3O/c21-17-11-15(5-7-18(17)23)26-20(27)19-8-6-16(12-25-19)24-10-9-13-1-3-14(22)4-2-13/h1-8,11-12,24H,9-10H2,(H,26,27). The van der Waals surface area contributed by atoms with Gasteiger partial charge in [0.1, 0.15) is 17.3 Å². The van der Waals surface area contributed by atoms with E-state index < -0.39 is 11.7 Å². The molecular weight excluding hydrogens is 372 g/mol. The van der Waals surface area contributed by atoms with Crippen molar-refractivity contribution < 1.29 is 13.6 Å². The molecule has 0 fully saturated rings. The van der Waals surface area contributed by atoms with Crippen LogP contribution in [0.1, 0.15) is 16.1 Å². The van der Waals surface area contributed by atoms with E-state index in [0.717, 1.165) is 17.7 Å². The highest BCUT2D eigenvalue weighted by Crippen LogP contribution is 2.20. The average molecular weight is 388 g/mol. The number of pyridine rings is 1. The van der Waals surface area contributed by atoms with Crippen LogP contribution in [0, 0.1) is 11.6 Å². The SMILES string of the molecule is O=C(Nc1ccc(F)c(Cl)c1)c1ccc(NCCc2ccc(F)cc2)cn1. The predicted octanol–water partition coefficient (Wildman–Crippen LogP) is 4.92. The quantitative estimate of drug-likeness (QED) is 0.631. The van der Waals surface area contributed by atoms with Crippen molar-refractivity contribution in [3.63, 3.8) is 0 Å². The number of rotatable bonds is 6. The van der Waals surface area contributed by atoms with Crippen LogP contribution < -0.4 is 10.6 Å². The maximum absolute atomic E-state index is 13.2. The topological polar surface area (TPSA) is 54.0 Å². The molecule has 138 valence electrons. The fraction of sp³-hybridized carbons (Fsp3) is 0.100. The van der Waals surface area contributed by atoms with Crippen molar-refractivity contribution in [1.29, 1.82) is 0 Å². The minimum absolute atomic E-state index is 0.0681. The molecule has 2 N–H and O–H groups in total. The van der Waals surface area contributed by atoms with Gasteiger partial charge in [0.25, 0.3) is 5.91 Å². The first-order valence-corrected chi connectivity index (χ1v) is 8.60. The van der Waals surface area contributed by atoms with Crippen LogP contribution in [0.15, 0.2) is 60.8 Å². The Bertz CT molecular complexity index is 931. The predicted molar refractivity (Wildman–Crippen MR) is 102 cm³/mol. The molecule has 1 aromatic heterocycles. The molecule has 0 aliphatic carbocycles. The van der Waals surface area contributed by atoms with E-state index in [1.165, 1.54) is 30.3 Å². The van der Waals surface area contributed by atoms with E-state index in [1.54, 1.807) is 30.5 Å². The molecular formula is C20H16ClF2N3O. The summed E-state index contributed by atoms with van der Waals surface area (Å²) in [6.45, 7) is 0.646. The maximum Gasteiger partial charge on any atom is 0.274 e. The first-order chi connectivity index (χ1) is 13.0.